The van der Waals surface area contributed by atoms with Gasteiger partial charge in [-0.05, 0) is 0 Å². The molecule has 0 heterocycles. The third kappa shape index (κ3) is 10.8. The molecule has 0 aromatic rings. The first-order chi connectivity index (χ1) is 9.03. The molecule has 0 amide bonds. The van der Waals surface area contributed by atoms with E-state index in [1.54, 1.807) is 0 Å². The number of hydrogen-bond donors (Lipinski definition) is 0. The quantitative estimate of drug-likeness (QED) is 0.402. The third-order valence-electron chi connectivity index (χ3n) is 2.11. The van der Waals surface area contributed by atoms with Gasteiger partial charge in [-0.25, -0.2) is 0 Å². The van der Waals surface area contributed by atoms with Gasteiger partial charge in [0.2, 0.25) is 0 Å². The first-order valence-corrected chi connectivity index (χ1v) is 9.81. The van der Waals surface area contributed by atoms with Gasteiger partial charge in [-0.1, -0.05) is 0 Å². The molecule has 3 atom stereocenters. The van der Waals surface area contributed by atoms with Crippen LogP contribution in [0.2, 0.25) is 0 Å². The summed E-state index contributed by atoms with van der Waals surface area (Å²) in [4.78, 5) is 0. The van der Waals surface area contributed by atoms with Crippen LogP contribution < -0.4 is 0 Å². The van der Waals surface area contributed by atoms with Gasteiger partial charge in [0.05, 0.1) is 0 Å². The van der Waals surface area contributed by atoms with Crippen molar-refractivity contribution in [3.8, 4) is 0 Å². The van der Waals surface area contributed by atoms with Crippen molar-refractivity contribution in [1.29, 1.82) is 0 Å². The van der Waals surface area contributed by atoms with E-state index in [9.17, 15) is 0 Å². The maximum absolute atomic E-state index is 5.69. The zero-order chi connectivity index (χ0) is 14.7. The summed E-state index contributed by atoms with van der Waals surface area (Å²) in [7, 11) is 0. The second-order valence-corrected chi connectivity index (χ2v) is 6.69. The Kier molecular flexibility index (Phi) is 12.4. The van der Waals surface area contributed by atoms with Crippen LogP contribution in [-0.2, 0) is 24.8 Å². The first kappa shape index (κ1) is 19.4. The number of rotatable bonds is 12. The van der Waals surface area contributed by atoms with Crippen LogP contribution >= 0.6 is 0 Å². The van der Waals surface area contributed by atoms with Crippen LogP contribution in [0.15, 0.2) is 0 Å². The van der Waals surface area contributed by atoms with E-state index in [4.69, 9.17) is 24.8 Å². The van der Waals surface area contributed by atoms with Gasteiger partial charge < -0.3 is 0 Å². The molecule has 0 saturated carbocycles. The second kappa shape index (κ2) is 12.2. The molecule has 0 saturated heterocycles. The zero-order valence-electron chi connectivity index (χ0n) is 12.9. The Morgan fingerprint density at radius 2 is 0.895 bits per heavy atom. The molecule has 0 aliphatic heterocycles. The molecule has 7 heteroatoms. The Balaban J connectivity index is 4.28. The molecule has 3 unspecified atom stereocenters. The predicted molar refractivity (Wildman–Crippen MR) is 72.3 cm³/mol. The van der Waals surface area contributed by atoms with E-state index in [1.807, 2.05) is 41.5 Å². The number of hydrogen-bond acceptors (Lipinski definition) is 6. The van der Waals surface area contributed by atoms with Crippen molar-refractivity contribution in [1.82, 2.24) is 0 Å². The molecule has 0 radical (unpaired) electrons. The summed E-state index contributed by atoms with van der Waals surface area (Å²) < 4.78 is 33.1. The van der Waals surface area contributed by atoms with Gasteiger partial charge in [-0.15, -0.1) is 0 Å². The minimum absolute atomic E-state index is 0.349. The molecule has 6 nitrogen and oxygen atoms in total. The van der Waals surface area contributed by atoms with Gasteiger partial charge in [0, 0.05) is 0 Å². The van der Waals surface area contributed by atoms with Gasteiger partial charge in [-0.3, -0.25) is 0 Å². The summed E-state index contributed by atoms with van der Waals surface area (Å²) in [5.41, 5.74) is 0. The van der Waals surface area contributed by atoms with Crippen molar-refractivity contribution in [3.05, 3.63) is 0 Å². The SMILES string of the molecule is CCOC(C)[O][Ga]([O]C(C)OCC)[O]C(C)OCC. The normalized spacial score (nSPS) is 16.1. The minimum atomic E-state index is -2.89. The molecule has 0 rings (SSSR count). The standard InChI is InChI=1S/3C4H9O2.Ga/c3*1-3-6-4(2)5;/h3*4H,3H2,1-2H3;/q3*-1;+3. The molecule has 0 aliphatic carbocycles. The van der Waals surface area contributed by atoms with Crippen LogP contribution in [0.5, 0.6) is 0 Å². The predicted octanol–water partition coefficient (Wildman–Crippen LogP) is 2.17. The average Bonchev–Trinajstić information content (AvgIpc) is 2.29. The van der Waals surface area contributed by atoms with Crippen molar-refractivity contribution in [2.75, 3.05) is 19.8 Å². The van der Waals surface area contributed by atoms with Crippen LogP contribution in [0, 0.1) is 0 Å². The topological polar surface area (TPSA) is 55.4 Å². The van der Waals surface area contributed by atoms with E-state index < -0.39 is 17.3 Å². The molecule has 0 spiro atoms. The van der Waals surface area contributed by atoms with Gasteiger partial charge in [-0.2, -0.15) is 0 Å². The fourth-order valence-corrected chi connectivity index (χ4v) is 4.26. The summed E-state index contributed by atoms with van der Waals surface area (Å²) in [6, 6.07) is 0. The average molecular weight is 337 g/mol. The second-order valence-electron chi connectivity index (χ2n) is 3.77. The van der Waals surface area contributed by atoms with E-state index in [0.29, 0.717) is 19.8 Å². The molecule has 0 fully saturated rings. The summed E-state index contributed by atoms with van der Waals surface area (Å²) in [6.45, 7) is 13.0. The molecule has 0 N–H and O–H groups in total. The van der Waals surface area contributed by atoms with Gasteiger partial charge in [0.1, 0.15) is 0 Å². The van der Waals surface area contributed by atoms with Crippen LogP contribution in [0.3, 0.4) is 0 Å². The van der Waals surface area contributed by atoms with Gasteiger partial charge in [0.25, 0.3) is 0 Å². The monoisotopic (exact) mass is 336 g/mol. The molecule has 0 bridgehead atoms. The van der Waals surface area contributed by atoms with E-state index in [0.717, 1.165) is 0 Å². The van der Waals surface area contributed by atoms with E-state index in [2.05, 4.69) is 0 Å². The fourth-order valence-electron chi connectivity index (χ4n) is 1.39. The summed E-state index contributed by atoms with van der Waals surface area (Å²) in [5.74, 6) is 0. The Bertz CT molecular complexity index is 173. The molecule has 0 aliphatic rings. The maximum atomic E-state index is 5.69. The Labute approximate surface area is 122 Å². The molecular weight excluding hydrogens is 310 g/mol. The van der Waals surface area contributed by atoms with E-state index >= 15 is 0 Å². The van der Waals surface area contributed by atoms with Crippen molar-refractivity contribution in [2.45, 2.75) is 60.4 Å². The van der Waals surface area contributed by atoms with Gasteiger partial charge in [0.15, 0.2) is 0 Å². The molecule has 0 aromatic heterocycles. The van der Waals surface area contributed by atoms with E-state index in [1.165, 1.54) is 0 Å². The Hall–Kier alpha value is 0.396. The van der Waals surface area contributed by atoms with Crippen LogP contribution in [0.25, 0.3) is 0 Å². The summed E-state index contributed by atoms with van der Waals surface area (Å²) >= 11 is -2.89. The Morgan fingerprint density at radius 1 is 0.632 bits per heavy atom. The van der Waals surface area contributed by atoms with Gasteiger partial charge >= 0.3 is 122 Å². The first-order valence-electron chi connectivity index (χ1n) is 6.84. The van der Waals surface area contributed by atoms with Crippen molar-refractivity contribution in [2.24, 2.45) is 0 Å². The van der Waals surface area contributed by atoms with Crippen molar-refractivity contribution in [3.63, 3.8) is 0 Å². The van der Waals surface area contributed by atoms with Crippen molar-refractivity contribution < 1.29 is 24.8 Å². The molecule has 19 heavy (non-hydrogen) atoms. The molecule has 0 aromatic carbocycles. The van der Waals surface area contributed by atoms with Crippen molar-refractivity contribution >= 4 is 17.3 Å². The van der Waals surface area contributed by atoms with Crippen LogP contribution in [0.4, 0.5) is 0 Å². The molecular formula is C12H27GaO6. The zero-order valence-corrected chi connectivity index (χ0v) is 15.3. The number of ether oxygens (including phenoxy) is 3. The fraction of sp³-hybridized carbons (Fsp3) is 1.00. The summed E-state index contributed by atoms with van der Waals surface area (Å²) in [5, 5.41) is 0. The molecule has 114 valence electrons. The third-order valence-corrected chi connectivity index (χ3v) is 5.92. The van der Waals surface area contributed by atoms with Crippen LogP contribution in [-0.4, -0.2) is 56.0 Å². The summed E-state index contributed by atoms with van der Waals surface area (Å²) in [6.07, 6.45) is -1.05. The Morgan fingerprint density at radius 3 is 1.11 bits per heavy atom. The van der Waals surface area contributed by atoms with E-state index in [-0.39, 0.29) is 18.9 Å². The van der Waals surface area contributed by atoms with Crippen LogP contribution in [0.1, 0.15) is 41.5 Å².